The Balaban J connectivity index is 1.69. The van der Waals surface area contributed by atoms with E-state index in [0.29, 0.717) is 24.3 Å². The summed E-state index contributed by atoms with van der Waals surface area (Å²) in [6, 6.07) is 9.50. The number of amides is 1. The first-order valence-corrected chi connectivity index (χ1v) is 9.76. The lowest BCUT2D eigenvalue weighted by Crippen LogP contribution is -2.50. The lowest BCUT2D eigenvalue weighted by molar-refractivity contribution is 0.0688. The number of piperazine rings is 1. The minimum Gasteiger partial charge on any atom is -0.347 e. The number of Topliss-reactive ketones (excluding diaryl/α,β-unsaturated/α-hetero) is 1. The molecule has 0 unspecified atom stereocenters. The third kappa shape index (κ3) is 3.42. The fourth-order valence-corrected chi connectivity index (χ4v) is 4.41. The zero-order valence-electron chi connectivity index (χ0n) is 14.8. The second kappa shape index (κ2) is 7.05. The van der Waals surface area contributed by atoms with Crippen LogP contribution in [0, 0.1) is 0 Å². The van der Waals surface area contributed by atoms with Crippen LogP contribution in [0.25, 0.3) is 0 Å². The number of nitrogens with zero attached hydrogens (tertiary/aromatic N) is 3. The van der Waals surface area contributed by atoms with Crippen molar-refractivity contribution in [1.29, 1.82) is 0 Å². The molecule has 1 aromatic carbocycles. The van der Waals surface area contributed by atoms with Gasteiger partial charge in [-0.1, -0.05) is 12.1 Å². The van der Waals surface area contributed by atoms with Crippen molar-refractivity contribution in [2.24, 2.45) is 7.05 Å². The molecule has 0 spiro atoms. The predicted molar refractivity (Wildman–Crippen MR) is 96.5 cm³/mol. The van der Waals surface area contributed by atoms with Crippen molar-refractivity contribution in [1.82, 2.24) is 13.8 Å². The van der Waals surface area contributed by atoms with E-state index in [4.69, 9.17) is 0 Å². The van der Waals surface area contributed by atoms with Crippen molar-refractivity contribution < 1.29 is 18.0 Å². The zero-order chi connectivity index (χ0) is 18.9. The van der Waals surface area contributed by atoms with Crippen LogP contribution in [0.4, 0.5) is 0 Å². The van der Waals surface area contributed by atoms with Crippen LogP contribution < -0.4 is 0 Å². The fraction of sp³-hybridized carbons (Fsp3) is 0.333. The third-order valence-corrected chi connectivity index (χ3v) is 6.50. The number of aryl methyl sites for hydroxylation is 1. The van der Waals surface area contributed by atoms with Crippen LogP contribution in [0.2, 0.25) is 0 Å². The molecule has 3 rings (SSSR count). The van der Waals surface area contributed by atoms with E-state index in [2.05, 4.69) is 0 Å². The molecular formula is C18H21N3O4S. The number of rotatable bonds is 4. The van der Waals surface area contributed by atoms with Gasteiger partial charge < -0.3 is 9.47 Å². The summed E-state index contributed by atoms with van der Waals surface area (Å²) in [5.74, 6) is -0.206. The molecule has 2 aromatic rings. The first kappa shape index (κ1) is 18.3. The van der Waals surface area contributed by atoms with Crippen molar-refractivity contribution in [3.8, 4) is 0 Å². The highest BCUT2D eigenvalue weighted by Gasteiger charge is 2.30. The van der Waals surface area contributed by atoms with E-state index < -0.39 is 10.0 Å². The number of carbonyl (C=O) groups is 2. The first-order chi connectivity index (χ1) is 12.3. The number of benzene rings is 1. The molecule has 0 aliphatic carbocycles. The lowest BCUT2D eigenvalue weighted by atomic mass is 10.2. The van der Waals surface area contributed by atoms with Crippen LogP contribution in [-0.4, -0.2) is 60.1 Å². The molecule has 0 atom stereocenters. The highest BCUT2D eigenvalue weighted by Crippen LogP contribution is 2.19. The molecule has 1 saturated heterocycles. The van der Waals surface area contributed by atoms with Crippen molar-refractivity contribution in [2.45, 2.75) is 11.8 Å². The Morgan fingerprint density at radius 1 is 0.962 bits per heavy atom. The van der Waals surface area contributed by atoms with E-state index in [1.807, 2.05) is 0 Å². The average molecular weight is 375 g/mol. The van der Waals surface area contributed by atoms with E-state index in [-0.39, 0.29) is 29.7 Å². The summed E-state index contributed by atoms with van der Waals surface area (Å²) in [6.45, 7) is 2.61. The Labute approximate surface area is 152 Å². The van der Waals surface area contributed by atoms with Gasteiger partial charge in [-0.05, 0) is 31.2 Å². The van der Waals surface area contributed by atoms with E-state index >= 15 is 0 Å². The van der Waals surface area contributed by atoms with Crippen molar-refractivity contribution in [2.75, 3.05) is 26.2 Å². The van der Waals surface area contributed by atoms with Crippen LogP contribution in [-0.2, 0) is 17.1 Å². The summed E-state index contributed by atoms with van der Waals surface area (Å²) in [4.78, 5) is 25.7. The number of hydrogen-bond acceptors (Lipinski definition) is 4. The largest absolute Gasteiger partial charge is 0.347 e. The summed E-state index contributed by atoms with van der Waals surface area (Å²) in [5, 5.41) is 0. The van der Waals surface area contributed by atoms with E-state index in [9.17, 15) is 18.0 Å². The standard InChI is InChI=1S/C18H21N3O4S/c1-14(22)15-5-7-16(8-6-15)26(24,25)21-12-10-20(11-13-21)18(23)17-4-3-9-19(17)2/h3-9H,10-13H2,1-2H3. The third-order valence-electron chi connectivity index (χ3n) is 4.59. The molecule has 26 heavy (non-hydrogen) atoms. The summed E-state index contributed by atoms with van der Waals surface area (Å²) in [7, 11) is -1.83. The first-order valence-electron chi connectivity index (χ1n) is 8.32. The van der Waals surface area contributed by atoms with Crippen LogP contribution in [0.5, 0.6) is 0 Å². The van der Waals surface area contributed by atoms with Gasteiger partial charge in [0.05, 0.1) is 4.90 Å². The monoisotopic (exact) mass is 375 g/mol. The molecule has 1 aromatic heterocycles. The Hall–Kier alpha value is -2.45. The molecule has 0 N–H and O–H groups in total. The average Bonchev–Trinajstić information content (AvgIpc) is 3.07. The second-order valence-electron chi connectivity index (χ2n) is 6.28. The molecule has 7 nitrogen and oxygen atoms in total. The maximum atomic E-state index is 12.8. The molecule has 2 heterocycles. The molecule has 138 valence electrons. The van der Waals surface area contributed by atoms with Gasteiger partial charge in [0.25, 0.3) is 5.91 Å². The van der Waals surface area contributed by atoms with Crippen LogP contribution in [0.15, 0.2) is 47.5 Å². The molecule has 0 bridgehead atoms. The van der Waals surface area contributed by atoms with E-state index in [0.717, 1.165) is 0 Å². The molecule has 1 fully saturated rings. The van der Waals surface area contributed by atoms with Crippen molar-refractivity contribution in [3.63, 3.8) is 0 Å². The molecule has 0 saturated carbocycles. The zero-order valence-corrected chi connectivity index (χ0v) is 15.6. The normalized spacial score (nSPS) is 15.8. The number of sulfonamides is 1. The minimum atomic E-state index is -3.64. The summed E-state index contributed by atoms with van der Waals surface area (Å²) in [6.07, 6.45) is 1.80. The van der Waals surface area contributed by atoms with Crippen LogP contribution in [0.3, 0.4) is 0 Å². The smallest absolute Gasteiger partial charge is 0.270 e. The van der Waals surface area contributed by atoms with Gasteiger partial charge in [-0.2, -0.15) is 4.31 Å². The Morgan fingerprint density at radius 3 is 2.08 bits per heavy atom. The van der Waals surface area contributed by atoms with E-state index in [1.54, 1.807) is 34.8 Å². The maximum Gasteiger partial charge on any atom is 0.270 e. The van der Waals surface area contributed by atoms with Crippen LogP contribution in [0.1, 0.15) is 27.8 Å². The van der Waals surface area contributed by atoms with Gasteiger partial charge in [-0.3, -0.25) is 9.59 Å². The molecule has 1 aliphatic rings. The predicted octanol–water partition coefficient (Wildman–Crippen LogP) is 1.37. The molecule has 1 amide bonds. The Bertz CT molecular complexity index is 924. The topological polar surface area (TPSA) is 79.7 Å². The maximum absolute atomic E-state index is 12.8. The van der Waals surface area contributed by atoms with Crippen molar-refractivity contribution in [3.05, 3.63) is 53.9 Å². The Kier molecular flexibility index (Phi) is 4.97. The van der Waals surface area contributed by atoms with Gasteiger partial charge >= 0.3 is 0 Å². The van der Waals surface area contributed by atoms with Gasteiger partial charge in [-0.15, -0.1) is 0 Å². The molecular weight excluding hydrogens is 354 g/mol. The summed E-state index contributed by atoms with van der Waals surface area (Å²) >= 11 is 0. The summed E-state index contributed by atoms with van der Waals surface area (Å²) in [5.41, 5.74) is 1.06. The number of aromatic nitrogens is 1. The molecule has 1 aliphatic heterocycles. The number of ketones is 1. The van der Waals surface area contributed by atoms with Crippen molar-refractivity contribution >= 4 is 21.7 Å². The summed E-state index contributed by atoms with van der Waals surface area (Å²) < 4.78 is 28.7. The lowest BCUT2D eigenvalue weighted by Gasteiger charge is -2.34. The molecule has 0 radical (unpaired) electrons. The Morgan fingerprint density at radius 2 is 1.58 bits per heavy atom. The van der Waals surface area contributed by atoms with E-state index in [1.165, 1.54) is 35.5 Å². The van der Waals surface area contributed by atoms with Gasteiger partial charge in [0.1, 0.15) is 5.69 Å². The second-order valence-corrected chi connectivity index (χ2v) is 8.22. The SMILES string of the molecule is CC(=O)c1ccc(S(=O)(=O)N2CCN(C(=O)c3cccn3C)CC2)cc1. The van der Waals surface area contributed by atoms with Gasteiger partial charge in [-0.25, -0.2) is 8.42 Å². The molecule has 8 heteroatoms. The fourth-order valence-electron chi connectivity index (χ4n) is 2.99. The minimum absolute atomic E-state index is 0.0969. The van der Waals surface area contributed by atoms with Gasteiger partial charge in [0.2, 0.25) is 10.0 Å². The van der Waals surface area contributed by atoms with Gasteiger partial charge in [0.15, 0.2) is 5.78 Å². The highest BCUT2D eigenvalue weighted by atomic mass is 32.2. The van der Waals surface area contributed by atoms with Crippen LogP contribution >= 0.6 is 0 Å². The van der Waals surface area contributed by atoms with Gasteiger partial charge in [0, 0.05) is 45.0 Å². The number of hydrogen-bond donors (Lipinski definition) is 0. The number of carbonyl (C=O) groups excluding carboxylic acids is 2. The quantitative estimate of drug-likeness (QED) is 0.756. The highest BCUT2D eigenvalue weighted by molar-refractivity contribution is 7.89.